The predicted octanol–water partition coefficient (Wildman–Crippen LogP) is 1.17. The lowest BCUT2D eigenvalue weighted by Crippen LogP contribution is -2.36. The third kappa shape index (κ3) is 1.73. The number of aliphatic hydroxyl groups excluding tert-OH is 1. The van der Waals surface area contributed by atoms with Gasteiger partial charge in [-0.05, 0) is 12.8 Å². The number of nitrogens with zero attached hydrogens (tertiary/aromatic N) is 3. The highest BCUT2D eigenvalue weighted by Gasteiger charge is 2.23. The summed E-state index contributed by atoms with van der Waals surface area (Å²) in [6, 6.07) is 0. The molecule has 0 saturated carbocycles. The topological polar surface area (TPSA) is 57.8 Å². The smallest absolute Gasteiger partial charge is 0.196 e. The van der Waals surface area contributed by atoms with Crippen LogP contribution in [0.25, 0.3) is 4.96 Å². The van der Waals surface area contributed by atoms with E-state index in [2.05, 4.69) is 9.88 Å². The Hall–Kier alpha value is -1.40. The average Bonchev–Trinajstić information content (AvgIpc) is 2.89. The second-order valence-corrected chi connectivity index (χ2v) is 5.09. The first kappa shape index (κ1) is 10.7. The Kier molecular flexibility index (Phi) is 2.60. The highest BCUT2D eigenvalue weighted by atomic mass is 32.1. The maximum atomic E-state index is 11.2. The zero-order chi connectivity index (χ0) is 11.8. The monoisotopic (exact) mass is 251 g/mol. The molecule has 2 aromatic rings. The molecule has 90 valence electrons. The Balaban J connectivity index is 1.98. The number of piperidine rings is 1. The summed E-state index contributed by atoms with van der Waals surface area (Å²) in [7, 11) is 0. The van der Waals surface area contributed by atoms with Crippen molar-refractivity contribution in [3.05, 3.63) is 17.3 Å². The lowest BCUT2D eigenvalue weighted by atomic mass is 10.1. The third-order valence-corrected chi connectivity index (χ3v) is 3.91. The Morgan fingerprint density at radius 1 is 1.47 bits per heavy atom. The molecule has 1 fully saturated rings. The molecule has 0 atom stereocenters. The lowest BCUT2D eigenvalue weighted by Gasteiger charge is -2.29. The number of aliphatic hydroxyl groups is 1. The van der Waals surface area contributed by atoms with Gasteiger partial charge in [0, 0.05) is 24.7 Å². The highest BCUT2D eigenvalue weighted by Crippen LogP contribution is 2.25. The molecule has 1 aliphatic rings. The third-order valence-electron chi connectivity index (χ3n) is 3.16. The number of carbonyl (C=O) groups excluding carboxylic acids is 1. The quantitative estimate of drug-likeness (QED) is 0.814. The standard InChI is InChI=1S/C11H13N3O2S/c15-7-9-10(12-11-14(9)5-6-17-11)13-3-1-8(16)2-4-13/h5-8,16H,1-4H2. The molecule has 1 aliphatic heterocycles. The average molecular weight is 251 g/mol. The van der Waals surface area contributed by atoms with E-state index in [1.165, 1.54) is 11.3 Å². The first-order chi connectivity index (χ1) is 8.29. The van der Waals surface area contributed by atoms with Crippen LogP contribution in [0.2, 0.25) is 0 Å². The Bertz CT molecular complexity index is 540. The molecule has 0 aromatic carbocycles. The van der Waals surface area contributed by atoms with Crippen LogP contribution in [0.4, 0.5) is 5.82 Å². The molecule has 17 heavy (non-hydrogen) atoms. The molecule has 0 unspecified atom stereocenters. The van der Waals surface area contributed by atoms with Crippen LogP contribution >= 0.6 is 11.3 Å². The summed E-state index contributed by atoms with van der Waals surface area (Å²) in [5.41, 5.74) is 0.609. The maximum absolute atomic E-state index is 11.2. The molecule has 0 radical (unpaired) electrons. The summed E-state index contributed by atoms with van der Waals surface area (Å²) in [6.45, 7) is 1.51. The minimum atomic E-state index is -0.213. The zero-order valence-electron chi connectivity index (χ0n) is 9.24. The van der Waals surface area contributed by atoms with Crippen molar-refractivity contribution in [3.63, 3.8) is 0 Å². The number of carbonyl (C=O) groups is 1. The number of fused-ring (bicyclic) bond motifs is 1. The van der Waals surface area contributed by atoms with Gasteiger partial charge in [0.05, 0.1) is 6.10 Å². The summed E-state index contributed by atoms with van der Waals surface area (Å²) in [6.07, 6.45) is 3.98. The van der Waals surface area contributed by atoms with Crippen LogP contribution in [-0.2, 0) is 0 Å². The van der Waals surface area contributed by atoms with E-state index < -0.39 is 0 Å². The Morgan fingerprint density at radius 3 is 2.94 bits per heavy atom. The van der Waals surface area contributed by atoms with E-state index >= 15 is 0 Å². The molecule has 3 heterocycles. The van der Waals surface area contributed by atoms with Gasteiger partial charge in [0.2, 0.25) is 0 Å². The van der Waals surface area contributed by atoms with Crippen LogP contribution in [0, 0.1) is 0 Å². The van der Waals surface area contributed by atoms with E-state index in [1.807, 2.05) is 16.0 Å². The Labute approximate surface area is 102 Å². The molecule has 1 saturated heterocycles. The molecule has 3 rings (SSSR count). The number of imidazole rings is 1. The molecule has 0 amide bonds. The summed E-state index contributed by atoms with van der Waals surface area (Å²) in [4.78, 5) is 18.6. The van der Waals surface area contributed by atoms with E-state index in [9.17, 15) is 9.90 Å². The number of rotatable bonds is 2. The fourth-order valence-electron chi connectivity index (χ4n) is 2.21. The van der Waals surface area contributed by atoms with Gasteiger partial charge in [-0.15, -0.1) is 11.3 Å². The zero-order valence-corrected chi connectivity index (χ0v) is 10.1. The van der Waals surface area contributed by atoms with E-state index in [1.54, 1.807) is 0 Å². The van der Waals surface area contributed by atoms with E-state index in [0.717, 1.165) is 43.0 Å². The number of aromatic nitrogens is 2. The molecule has 0 bridgehead atoms. The van der Waals surface area contributed by atoms with Crippen molar-refractivity contribution in [2.45, 2.75) is 18.9 Å². The Morgan fingerprint density at radius 2 is 2.24 bits per heavy atom. The van der Waals surface area contributed by atoms with Crippen LogP contribution in [0.1, 0.15) is 23.3 Å². The van der Waals surface area contributed by atoms with E-state index in [0.29, 0.717) is 5.69 Å². The first-order valence-corrected chi connectivity index (χ1v) is 6.51. The minimum Gasteiger partial charge on any atom is -0.393 e. The van der Waals surface area contributed by atoms with Crippen LogP contribution < -0.4 is 4.90 Å². The molecule has 0 aliphatic carbocycles. The van der Waals surface area contributed by atoms with Crippen LogP contribution in [0.15, 0.2) is 11.6 Å². The van der Waals surface area contributed by atoms with Crippen LogP contribution in [0.5, 0.6) is 0 Å². The van der Waals surface area contributed by atoms with Gasteiger partial charge in [0.15, 0.2) is 17.1 Å². The number of hydrogen-bond acceptors (Lipinski definition) is 5. The van der Waals surface area contributed by atoms with Crippen LogP contribution in [0.3, 0.4) is 0 Å². The van der Waals surface area contributed by atoms with Crippen molar-refractivity contribution in [3.8, 4) is 0 Å². The normalized spacial score (nSPS) is 17.8. The lowest BCUT2D eigenvalue weighted by molar-refractivity contribution is 0.111. The fourth-order valence-corrected chi connectivity index (χ4v) is 2.93. The highest BCUT2D eigenvalue weighted by molar-refractivity contribution is 7.15. The van der Waals surface area contributed by atoms with Gasteiger partial charge in [-0.2, -0.15) is 0 Å². The maximum Gasteiger partial charge on any atom is 0.196 e. The van der Waals surface area contributed by atoms with Gasteiger partial charge in [-0.1, -0.05) is 0 Å². The molecule has 0 spiro atoms. The van der Waals surface area contributed by atoms with Gasteiger partial charge >= 0.3 is 0 Å². The number of hydrogen-bond donors (Lipinski definition) is 1. The summed E-state index contributed by atoms with van der Waals surface area (Å²) in [5, 5.41) is 11.4. The largest absolute Gasteiger partial charge is 0.393 e. The van der Waals surface area contributed by atoms with Gasteiger partial charge < -0.3 is 10.0 Å². The van der Waals surface area contributed by atoms with Crippen molar-refractivity contribution in [2.24, 2.45) is 0 Å². The van der Waals surface area contributed by atoms with Gasteiger partial charge in [-0.25, -0.2) is 4.98 Å². The molecule has 1 N–H and O–H groups in total. The molecule has 6 heteroatoms. The number of anilines is 1. The summed E-state index contributed by atoms with van der Waals surface area (Å²) < 4.78 is 1.82. The second-order valence-electron chi connectivity index (χ2n) is 4.21. The summed E-state index contributed by atoms with van der Waals surface area (Å²) >= 11 is 1.52. The van der Waals surface area contributed by atoms with Crippen LogP contribution in [-0.4, -0.2) is 40.0 Å². The van der Waals surface area contributed by atoms with E-state index in [4.69, 9.17) is 0 Å². The number of aldehydes is 1. The predicted molar refractivity (Wildman–Crippen MR) is 65.9 cm³/mol. The number of thiazole rings is 1. The summed E-state index contributed by atoms with van der Waals surface area (Å²) in [5.74, 6) is 0.749. The van der Waals surface area contributed by atoms with Crippen molar-refractivity contribution >= 4 is 28.4 Å². The van der Waals surface area contributed by atoms with Gasteiger partial charge in [0.1, 0.15) is 5.69 Å². The molecular weight excluding hydrogens is 238 g/mol. The van der Waals surface area contributed by atoms with Gasteiger partial charge in [0.25, 0.3) is 0 Å². The first-order valence-electron chi connectivity index (χ1n) is 5.63. The molecule has 5 nitrogen and oxygen atoms in total. The fraction of sp³-hybridized carbons (Fsp3) is 0.455. The van der Waals surface area contributed by atoms with Crippen molar-refractivity contribution < 1.29 is 9.90 Å². The molecular formula is C11H13N3O2S. The second kappa shape index (κ2) is 4.12. The minimum absolute atomic E-state index is 0.213. The van der Waals surface area contributed by atoms with Crippen molar-refractivity contribution in [2.75, 3.05) is 18.0 Å². The molecule has 2 aromatic heterocycles. The van der Waals surface area contributed by atoms with Crippen molar-refractivity contribution in [1.29, 1.82) is 0 Å². The van der Waals surface area contributed by atoms with Crippen molar-refractivity contribution in [1.82, 2.24) is 9.38 Å². The SMILES string of the molecule is O=Cc1c(N2CCC(O)CC2)nc2sccn12. The van der Waals surface area contributed by atoms with Gasteiger partial charge in [-0.3, -0.25) is 9.20 Å². The van der Waals surface area contributed by atoms with E-state index in [-0.39, 0.29) is 6.10 Å².